The summed E-state index contributed by atoms with van der Waals surface area (Å²) in [5, 5.41) is 10.0. The van der Waals surface area contributed by atoms with Crippen LogP contribution >= 0.6 is 11.6 Å². The number of hydrogen-bond acceptors (Lipinski definition) is 2. The molecule has 4 nitrogen and oxygen atoms in total. The number of benzene rings is 1. The van der Waals surface area contributed by atoms with E-state index >= 15 is 0 Å². The van der Waals surface area contributed by atoms with Gasteiger partial charge in [0.25, 0.3) is 0 Å². The third-order valence-corrected chi connectivity index (χ3v) is 5.58. The van der Waals surface area contributed by atoms with Crippen molar-refractivity contribution in [3.8, 4) is 0 Å². The van der Waals surface area contributed by atoms with Crippen molar-refractivity contribution in [2.75, 3.05) is 19.6 Å². The van der Waals surface area contributed by atoms with E-state index in [0.717, 1.165) is 42.9 Å². The average Bonchev–Trinajstić information content (AvgIpc) is 3.05. The lowest BCUT2D eigenvalue weighted by atomic mass is 9.96. The summed E-state index contributed by atoms with van der Waals surface area (Å²) < 4.78 is 2.13. The van der Waals surface area contributed by atoms with Crippen LogP contribution in [0.5, 0.6) is 0 Å². The number of carboxylic acids is 1. The first-order valence-corrected chi connectivity index (χ1v) is 9.87. The van der Waals surface area contributed by atoms with Gasteiger partial charge in [-0.2, -0.15) is 0 Å². The summed E-state index contributed by atoms with van der Waals surface area (Å²) in [5.41, 5.74) is 4.70. The number of aromatic nitrogens is 1. The standard InChI is InChI=1S/C22H27ClN2O2/c1-16-14-18(23)9-10-19(16)20(21-8-5-11-24(21)2)7-4-13-25-12-3-6-17(15-25)22(26)27/h5,7-11,14,17H,3-4,6,12-13,15H2,1-2H3,(H,26,27). The van der Waals surface area contributed by atoms with E-state index in [9.17, 15) is 9.90 Å². The van der Waals surface area contributed by atoms with Gasteiger partial charge in [0, 0.05) is 42.6 Å². The molecule has 0 amide bonds. The van der Waals surface area contributed by atoms with Crippen LogP contribution in [0.3, 0.4) is 0 Å². The number of rotatable bonds is 6. The molecule has 1 N–H and O–H groups in total. The molecule has 0 saturated carbocycles. The Hall–Kier alpha value is -2.04. The van der Waals surface area contributed by atoms with E-state index in [1.54, 1.807) is 0 Å². The van der Waals surface area contributed by atoms with Crippen LogP contribution < -0.4 is 0 Å². The van der Waals surface area contributed by atoms with Crippen molar-refractivity contribution in [3.63, 3.8) is 0 Å². The van der Waals surface area contributed by atoms with E-state index < -0.39 is 5.97 Å². The highest BCUT2D eigenvalue weighted by Crippen LogP contribution is 2.29. The lowest BCUT2D eigenvalue weighted by molar-refractivity contribution is -0.143. The molecule has 1 aliphatic rings. The number of aryl methyl sites for hydroxylation is 2. The van der Waals surface area contributed by atoms with Crippen molar-refractivity contribution in [2.45, 2.75) is 26.2 Å². The second-order valence-corrected chi connectivity index (χ2v) is 7.78. The molecule has 1 aliphatic heterocycles. The maximum atomic E-state index is 11.3. The van der Waals surface area contributed by atoms with Crippen LogP contribution in [0, 0.1) is 12.8 Å². The lowest BCUT2D eigenvalue weighted by Crippen LogP contribution is -2.39. The minimum absolute atomic E-state index is 0.228. The van der Waals surface area contributed by atoms with E-state index in [2.05, 4.69) is 53.9 Å². The molecule has 2 heterocycles. The van der Waals surface area contributed by atoms with Gasteiger partial charge >= 0.3 is 5.97 Å². The fourth-order valence-corrected chi connectivity index (χ4v) is 4.10. The monoisotopic (exact) mass is 386 g/mol. The molecule has 5 heteroatoms. The van der Waals surface area contributed by atoms with Crippen LogP contribution in [0.1, 0.15) is 36.1 Å². The van der Waals surface area contributed by atoms with Crippen molar-refractivity contribution in [2.24, 2.45) is 13.0 Å². The van der Waals surface area contributed by atoms with Crippen LogP contribution in [0.4, 0.5) is 0 Å². The van der Waals surface area contributed by atoms with Crippen LogP contribution in [-0.4, -0.2) is 40.2 Å². The average molecular weight is 387 g/mol. The van der Waals surface area contributed by atoms with Gasteiger partial charge in [0.1, 0.15) is 0 Å². The zero-order valence-corrected chi connectivity index (χ0v) is 16.7. The van der Waals surface area contributed by atoms with Crippen molar-refractivity contribution in [1.29, 1.82) is 0 Å². The second-order valence-electron chi connectivity index (χ2n) is 7.35. The number of carboxylic acid groups (broad SMARTS) is 1. The molecule has 0 spiro atoms. The predicted molar refractivity (Wildman–Crippen MR) is 110 cm³/mol. The van der Waals surface area contributed by atoms with Gasteiger partial charge in [-0.1, -0.05) is 23.7 Å². The Labute approximate surface area is 166 Å². The van der Waals surface area contributed by atoms with Gasteiger partial charge in [-0.25, -0.2) is 0 Å². The Bertz CT molecular complexity index is 841. The summed E-state index contributed by atoms with van der Waals surface area (Å²) in [7, 11) is 2.05. The van der Waals surface area contributed by atoms with Gasteiger partial charge in [0.15, 0.2) is 0 Å². The first kappa shape index (κ1) is 19.7. The molecule has 1 unspecified atom stereocenters. The third kappa shape index (κ3) is 4.82. The molecule has 0 radical (unpaired) electrons. The zero-order valence-electron chi connectivity index (χ0n) is 16.0. The molecule has 1 saturated heterocycles. The molecule has 0 aliphatic carbocycles. The topological polar surface area (TPSA) is 45.5 Å². The first-order valence-electron chi connectivity index (χ1n) is 9.49. The summed E-state index contributed by atoms with van der Waals surface area (Å²) >= 11 is 6.14. The number of hydrogen-bond donors (Lipinski definition) is 1. The number of nitrogens with zero attached hydrogens (tertiary/aromatic N) is 2. The Morgan fingerprint density at radius 3 is 2.85 bits per heavy atom. The number of piperidine rings is 1. The van der Waals surface area contributed by atoms with Gasteiger partial charge < -0.3 is 14.6 Å². The maximum Gasteiger partial charge on any atom is 0.307 e. The van der Waals surface area contributed by atoms with Gasteiger partial charge in [-0.3, -0.25) is 4.79 Å². The zero-order chi connectivity index (χ0) is 19.4. The highest BCUT2D eigenvalue weighted by molar-refractivity contribution is 6.30. The first-order chi connectivity index (χ1) is 13.0. The molecule has 144 valence electrons. The van der Waals surface area contributed by atoms with Crippen LogP contribution in [0.25, 0.3) is 5.57 Å². The van der Waals surface area contributed by atoms with Crippen LogP contribution in [0.15, 0.2) is 42.6 Å². The summed E-state index contributed by atoms with van der Waals surface area (Å²) in [6, 6.07) is 10.2. The molecule has 1 aromatic carbocycles. The molecule has 1 fully saturated rings. The SMILES string of the molecule is Cc1cc(Cl)ccc1C(=CCCN1CCCC(C(=O)O)C1)c1cccn1C. The molecule has 1 atom stereocenters. The van der Waals surface area contributed by atoms with Crippen LogP contribution in [0.2, 0.25) is 5.02 Å². The molecule has 3 rings (SSSR count). The van der Waals surface area contributed by atoms with Gasteiger partial charge in [-0.15, -0.1) is 0 Å². The van der Waals surface area contributed by atoms with Gasteiger partial charge in [0.2, 0.25) is 0 Å². The molecule has 2 aromatic rings. The van der Waals surface area contributed by atoms with E-state index in [-0.39, 0.29) is 5.92 Å². The fraction of sp³-hybridized carbons (Fsp3) is 0.409. The quantitative estimate of drug-likeness (QED) is 0.788. The second kappa shape index (κ2) is 8.77. The number of aliphatic carboxylic acids is 1. The lowest BCUT2D eigenvalue weighted by Gasteiger charge is -2.30. The predicted octanol–water partition coefficient (Wildman–Crippen LogP) is 4.61. The molecular formula is C22H27ClN2O2. The number of halogens is 1. The van der Waals surface area contributed by atoms with Crippen molar-refractivity contribution < 1.29 is 9.90 Å². The number of carbonyl (C=O) groups is 1. The van der Waals surface area contributed by atoms with Crippen LogP contribution in [-0.2, 0) is 11.8 Å². The summed E-state index contributed by atoms with van der Waals surface area (Å²) in [6.07, 6.45) is 6.96. The fourth-order valence-electron chi connectivity index (χ4n) is 3.87. The minimum atomic E-state index is -0.670. The van der Waals surface area contributed by atoms with Crippen molar-refractivity contribution in [3.05, 3.63) is 64.4 Å². The molecule has 27 heavy (non-hydrogen) atoms. The van der Waals surface area contributed by atoms with E-state index in [1.165, 1.54) is 16.8 Å². The third-order valence-electron chi connectivity index (χ3n) is 5.35. The normalized spacial score (nSPS) is 18.6. The van der Waals surface area contributed by atoms with E-state index in [1.807, 2.05) is 12.1 Å². The Morgan fingerprint density at radius 1 is 1.37 bits per heavy atom. The van der Waals surface area contributed by atoms with Gasteiger partial charge in [0.05, 0.1) is 5.92 Å². The molecule has 0 bridgehead atoms. The number of likely N-dealkylation sites (tertiary alicyclic amines) is 1. The van der Waals surface area contributed by atoms with Gasteiger partial charge in [-0.05, 0) is 68.1 Å². The highest BCUT2D eigenvalue weighted by atomic mass is 35.5. The smallest absolute Gasteiger partial charge is 0.307 e. The molecule has 1 aromatic heterocycles. The van der Waals surface area contributed by atoms with Crippen molar-refractivity contribution in [1.82, 2.24) is 9.47 Å². The Kier molecular flexibility index (Phi) is 6.40. The Balaban J connectivity index is 1.79. The van der Waals surface area contributed by atoms with Crippen molar-refractivity contribution >= 4 is 23.1 Å². The largest absolute Gasteiger partial charge is 0.481 e. The van der Waals surface area contributed by atoms with E-state index in [0.29, 0.717) is 6.54 Å². The molecular weight excluding hydrogens is 360 g/mol. The summed E-state index contributed by atoms with van der Waals surface area (Å²) in [5.74, 6) is -0.898. The Morgan fingerprint density at radius 2 is 2.19 bits per heavy atom. The van der Waals surface area contributed by atoms with E-state index in [4.69, 9.17) is 11.6 Å². The highest BCUT2D eigenvalue weighted by Gasteiger charge is 2.24. The summed E-state index contributed by atoms with van der Waals surface area (Å²) in [4.78, 5) is 13.5. The maximum absolute atomic E-state index is 11.3. The summed E-state index contributed by atoms with van der Waals surface area (Å²) in [6.45, 7) is 4.60. The minimum Gasteiger partial charge on any atom is -0.481 e.